The predicted octanol–water partition coefficient (Wildman–Crippen LogP) is 4.90. The Morgan fingerprint density at radius 2 is 1.87 bits per heavy atom. The number of nitrogens with zero attached hydrogens (tertiary/aromatic N) is 4. The highest BCUT2D eigenvalue weighted by atomic mass is 19.4. The van der Waals surface area contributed by atoms with Gasteiger partial charge in [0.25, 0.3) is 5.91 Å². The number of carbonyl (C=O) groups excluding carboxylic acids is 1. The van der Waals surface area contributed by atoms with Crippen molar-refractivity contribution in [3.8, 4) is 0 Å². The van der Waals surface area contributed by atoms with Gasteiger partial charge in [0.05, 0.1) is 11.8 Å². The van der Waals surface area contributed by atoms with E-state index in [1.807, 2.05) is 6.92 Å². The van der Waals surface area contributed by atoms with Crippen LogP contribution in [0.3, 0.4) is 0 Å². The number of aryl methyl sites for hydroxylation is 1. The molecule has 0 spiro atoms. The number of nitrogens with two attached hydrogens (primary N) is 2. The fourth-order valence-electron chi connectivity index (χ4n) is 4.19. The van der Waals surface area contributed by atoms with Crippen LogP contribution < -0.4 is 22.1 Å². The molecular weight excluding hydrogens is 509 g/mol. The molecule has 1 fully saturated rings. The Bertz CT molecular complexity index is 1400. The van der Waals surface area contributed by atoms with E-state index in [1.165, 1.54) is 12.3 Å². The van der Waals surface area contributed by atoms with Gasteiger partial charge in [-0.15, -0.1) is 0 Å². The number of nitrogen functional groups attached to an aromatic ring is 1. The maximum Gasteiger partial charge on any atom is 0.418 e. The number of aliphatic imine (C=N–C) groups is 3. The average molecular weight is 539 g/mol. The number of allylic oxidation sites excluding steroid dienone is 1. The van der Waals surface area contributed by atoms with E-state index in [1.54, 1.807) is 24.4 Å². The van der Waals surface area contributed by atoms with Gasteiger partial charge >= 0.3 is 6.18 Å². The van der Waals surface area contributed by atoms with Crippen LogP contribution in [0.5, 0.6) is 0 Å². The lowest BCUT2D eigenvalue weighted by Gasteiger charge is -2.29. The second-order valence-corrected chi connectivity index (χ2v) is 9.09. The zero-order valence-electron chi connectivity index (χ0n) is 21.3. The molecule has 6 N–H and O–H groups in total. The van der Waals surface area contributed by atoms with Crippen LogP contribution in [0.4, 0.5) is 30.2 Å². The van der Waals surface area contributed by atoms with Crippen LogP contribution in [0.1, 0.15) is 40.7 Å². The van der Waals surface area contributed by atoms with Crippen molar-refractivity contribution in [2.75, 3.05) is 29.5 Å². The molecule has 0 bridgehead atoms. The first-order valence-electron chi connectivity index (χ1n) is 12.3. The third-order valence-corrected chi connectivity index (χ3v) is 6.27. The first-order chi connectivity index (χ1) is 18.6. The molecule has 12 heteroatoms. The number of amides is 1. The summed E-state index contributed by atoms with van der Waals surface area (Å²) in [6.07, 6.45) is 1.57. The SMILES string of the molecule is C=C/N=C1/C=NC(N2CCCCC2)=N/C1=C(/N)Nc1cc(C(=O)Nc2ccc(N)c(C(F)(F)F)c2)ccc1C. The third-order valence-electron chi connectivity index (χ3n) is 6.27. The average Bonchev–Trinajstić information content (AvgIpc) is 2.91. The lowest BCUT2D eigenvalue weighted by atomic mass is 10.1. The second kappa shape index (κ2) is 11.4. The van der Waals surface area contributed by atoms with Crippen LogP contribution in [0.2, 0.25) is 0 Å². The van der Waals surface area contributed by atoms with Gasteiger partial charge in [-0.05, 0) is 62.1 Å². The Kier molecular flexibility index (Phi) is 8.03. The number of hydrogen-bond acceptors (Lipinski definition) is 8. The number of carbonyl (C=O) groups is 1. The maximum atomic E-state index is 13.2. The molecule has 0 aliphatic carbocycles. The Hall–Kier alpha value is -4.61. The van der Waals surface area contributed by atoms with Crippen LogP contribution in [-0.2, 0) is 6.18 Å². The van der Waals surface area contributed by atoms with Gasteiger partial charge in [0.15, 0.2) is 0 Å². The van der Waals surface area contributed by atoms with E-state index < -0.39 is 23.3 Å². The highest BCUT2D eigenvalue weighted by molar-refractivity contribution is 6.41. The Balaban J connectivity index is 1.60. The smallest absolute Gasteiger partial charge is 0.398 e. The molecule has 2 aromatic rings. The lowest BCUT2D eigenvalue weighted by molar-refractivity contribution is -0.136. The van der Waals surface area contributed by atoms with Gasteiger partial charge in [-0.3, -0.25) is 9.79 Å². The number of nitrogens with one attached hydrogen (secondary N) is 2. The summed E-state index contributed by atoms with van der Waals surface area (Å²) in [6, 6.07) is 8.01. The van der Waals surface area contributed by atoms with E-state index in [-0.39, 0.29) is 17.1 Å². The van der Waals surface area contributed by atoms with Crippen LogP contribution in [0.25, 0.3) is 0 Å². The van der Waals surface area contributed by atoms with E-state index in [9.17, 15) is 18.0 Å². The molecule has 0 radical (unpaired) electrons. The molecule has 1 amide bonds. The van der Waals surface area contributed by atoms with Gasteiger partial charge in [0, 0.05) is 41.9 Å². The maximum absolute atomic E-state index is 13.2. The fourth-order valence-corrected chi connectivity index (χ4v) is 4.19. The molecule has 0 aromatic heterocycles. The fraction of sp³-hybridized carbons (Fsp3) is 0.259. The number of anilines is 3. The van der Waals surface area contributed by atoms with E-state index in [0.29, 0.717) is 23.1 Å². The molecule has 2 aliphatic heterocycles. The number of rotatable bonds is 5. The molecule has 4 rings (SSSR count). The molecule has 2 heterocycles. The minimum Gasteiger partial charge on any atom is -0.398 e. The van der Waals surface area contributed by atoms with Gasteiger partial charge in [-0.1, -0.05) is 12.6 Å². The minimum atomic E-state index is -4.65. The minimum absolute atomic E-state index is 0.0374. The Morgan fingerprint density at radius 1 is 1.13 bits per heavy atom. The number of guanidine groups is 1. The number of piperidine rings is 1. The standard InChI is InChI=1S/C27H29F3N8O/c1-3-33-22-15-34-26(38-11-5-4-6-12-38)37-23(22)24(32)36-21-13-17(8-7-16(21)2)25(39)35-18-9-10-20(31)19(14-18)27(28,29)30/h3,7-10,13-15,36H,1,4-6,11-12,31-32H2,2H3,(H,35,39)/b24-23-,33-22-. The first kappa shape index (κ1) is 27.4. The Labute approximate surface area is 223 Å². The molecule has 204 valence electrons. The quantitative estimate of drug-likeness (QED) is 0.402. The topological polar surface area (TPSA) is 133 Å². The van der Waals surface area contributed by atoms with Gasteiger partial charge in [-0.25, -0.2) is 9.98 Å². The predicted molar refractivity (Wildman–Crippen MR) is 149 cm³/mol. The molecule has 2 aromatic carbocycles. The van der Waals surface area contributed by atoms with Crippen molar-refractivity contribution >= 4 is 40.9 Å². The van der Waals surface area contributed by atoms with E-state index in [4.69, 9.17) is 11.5 Å². The summed E-state index contributed by atoms with van der Waals surface area (Å²) in [7, 11) is 0. The number of hydrogen-bond donors (Lipinski definition) is 4. The van der Waals surface area contributed by atoms with Crippen molar-refractivity contribution in [3.63, 3.8) is 0 Å². The first-order valence-corrected chi connectivity index (χ1v) is 12.3. The molecule has 39 heavy (non-hydrogen) atoms. The van der Waals surface area contributed by atoms with Gasteiger partial charge in [0.2, 0.25) is 5.96 Å². The monoisotopic (exact) mass is 538 g/mol. The van der Waals surface area contributed by atoms with Crippen LogP contribution in [0.15, 0.2) is 75.7 Å². The van der Waals surface area contributed by atoms with E-state index in [2.05, 4.69) is 37.1 Å². The summed E-state index contributed by atoms with van der Waals surface area (Å²) in [4.78, 5) is 28.3. The van der Waals surface area contributed by atoms with E-state index in [0.717, 1.165) is 50.0 Å². The summed E-state index contributed by atoms with van der Waals surface area (Å²) in [5.74, 6) is 0.126. The molecule has 1 saturated heterocycles. The molecule has 9 nitrogen and oxygen atoms in total. The number of alkyl halides is 3. The van der Waals surface area contributed by atoms with Crippen LogP contribution in [-0.4, -0.2) is 41.8 Å². The zero-order chi connectivity index (χ0) is 28.2. The summed E-state index contributed by atoms with van der Waals surface area (Å²) < 4.78 is 39.6. The molecule has 0 atom stereocenters. The van der Waals surface area contributed by atoms with Crippen LogP contribution in [0, 0.1) is 6.92 Å². The highest BCUT2D eigenvalue weighted by Crippen LogP contribution is 2.35. The largest absolute Gasteiger partial charge is 0.418 e. The van der Waals surface area contributed by atoms with Gasteiger partial charge < -0.3 is 27.0 Å². The number of likely N-dealkylation sites (tertiary alicyclic amines) is 1. The molecular formula is C27H29F3N8O. The molecule has 0 unspecified atom stereocenters. The van der Waals surface area contributed by atoms with Gasteiger partial charge in [-0.2, -0.15) is 13.2 Å². The number of halogens is 3. The second-order valence-electron chi connectivity index (χ2n) is 9.09. The summed E-state index contributed by atoms with van der Waals surface area (Å²) in [6.45, 7) is 7.15. The molecule has 2 aliphatic rings. The van der Waals surface area contributed by atoms with E-state index >= 15 is 0 Å². The van der Waals surface area contributed by atoms with Crippen molar-refractivity contribution in [2.45, 2.75) is 32.4 Å². The van der Waals surface area contributed by atoms with Crippen molar-refractivity contribution < 1.29 is 18.0 Å². The van der Waals surface area contributed by atoms with Crippen LogP contribution >= 0.6 is 0 Å². The van der Waals surface area contributed by atoms with Crippen molar-refractivity contribution in [1.29, 1.82) is 0 Å². The Morgan fingerprint density at radius 3 is 2.56 bits per heavy atom. The zero-order valence-corrected chi connectivity index (χ0v) is 21.3. The third kappa shape index (κ3) is 6.46. The van der Waals surface area contributed by atoms with Crippen molar-refractivity contribution in [2.24, 2.45) is 20.7 Å². The van der Waals surface area contributed by atoms with Crippen molar-refractivity contribution in [1.82, 2.24) is 4.90 Å². The summed E-state index contributed by atoms with van der Waals surface area (Å²) >= 11 is 0. The normalized spacial score (nSPS) is 18.0. The summed E-state index contributed by atoms with van der Waals surface area (Å²) in [5, 5.41) is 5.58. The lowest BCUT2D eigenvalue weighted by Crippen LogP contribution is -2.37. The van der Waals surface area contributed by atoms with Crippen molar-refractivity contribution in [3.05, 3.63) is 77.4 Å². The number of benzene rings is 2. The molecule has 0 saturated carbocycles. The van der Waals surface area contributed by atoms with Gasteiger partial charge in [0.1, 0.15) is 17.2 Å². The highest BCUT2D eigenvalue weighted by Gasteiger charge is 2.33. The summed E-state index contributed by atoms with van der Waals surface area (Å²) in [5.41, 5.74) is 12.7.